The molecule has 2 aromatic rings. The summed E-state index contributed by atoms with van der Waals surface area (Å²) in [6, 6.07) is 15.0. The minimum atomic E-state index is -0.529. The summed E-state index contributed by atoms with van der Waals surface area (Å²) in [5.74, 6) is 1.06. The lowest BCUT2D eigenvalue weighted by molar-refractivity contribution is -0.140. The fourth-order valence-corrected chi connectivity index (χ4v) is 4.15. The van der Waals surface area contributed by atoms with Crippen molar-refractivity contribution in [2.45, 2.75) is 51.1 Å². The van der Waals surface area contributed by atoms with Crippen LogP contribution in [-0.2, 0) is 16.1 Å². The van der Waals surface area contributed by atoms with Gasteiger partial charge in [-0.1, -0.05) is 53.5 Å². The first-order chi connectivity index (χ1) is 14.8. The SMILES string of the molecule is CC(C)CNC(=O)C(C)N(Cc1ccc(Br)cc1)C(=O)CCCSc1ccc(Cl)cc1. The van der Waals surface area contributed by atoms with Crippen molar-refractivity contribution >= 4 is 51.1 Å². The highest BCUT2D eigenvalue weighted by atomic mass is 79.9. The predicted octanol–water partition coefficient (Wildman–Crippen LogP) is 6.16. The molecule has 168 valence electrons. The number of carbonyl (C=O) groups is 2. The number of amides is 2. The van der Waals surface area contributed by atoms with E-state index in [-0.39, 0.29) is 11.8 Å². The summed E-state index contributed by atoms with van der Waals surface area (Å²) >= 11 is 11.1. The Morgan fingerprint density at radius 2 is 1.71 bits per heavy atom. The standard InChI is InChI=1S/C24H30BrClN2O2S/c1-17(2)15-27-24(30)18(3)28(16-19-6-8-20(25)9-7-19)23(29)5-4-14-31-22-12-10-21(26)11-13-22/h6-13,17-18H,4-5,14-16H2,1-3H3,(H,27,30). The van der Waals surface area contributed by atoms with E-state index in [0.29, 0.717) is 30.5 Å². The van der Waals surface area contributed by atoms with Crippen LogP contribution in [0.4, 0.5) is 0 Å². The zero-order valence-corrected chi connectivity index (χ0v) is 21.4. The lowest BCUT2D eigenvalue weighted by Gasteiger charge is -2.29. The van der Waals surface area contributed by atoms with Gasteiger partial charge in [0, 0.05) is 33.9 Å². The first-order valence-corrected chi connectivity index (χ1v) is 12.6. The second-order valence-electron chi connectivity index (χ2n) is 7.87. The second-order valence-corrected chi connectivity index (χ2v) is 10.4. The third-order valence-electron chi connectivity index (χ3n) is 4.74. The first-order valence-electron chi connectivity index (χ1n) is 10.5. The summed E-state index contributed by atoms with van der Waals surface area (Å²) in [7, 11) is 0. The molecule has 7 heteroatoms. The number of benzene rings is 2. The van der Waals surface area contributed by atoms with Crippen LogP contribution in [0.2, 0.25) is 5.02 Å². The van der Waals surface area contributed by atoms with Gasteiger partial charge in [-0.15, -0.1) is 11.8 Å². The fourth-order valence-electron chi connectivity index (χ4n) is 2.91. The molecule has 0 radical (unpaired) electrons. The van der Waals surface area contributed by atoms with Crippen LogP contribution in [0.5, 0.6) is 0 Å². The summed E-state index contributed by atoms with van der Waals surface area (Å²) in [5, 5.41) is 3.67. The largest absolute Gasteiger partial charge is 0.354 e. The van der Waals surface area contributed by atoms with Crippen molar-refractivity contribution < 1.29 is 9.59 Å². The molecule has 1 atom stereocenters. The lowest BCUT2D eigenvalue weighted by Crippen LogP contribution is -2.48. The van der Waals surface area contributed by atoms with Gasteiger partial charge in [0.1, 0.15) is 6.04 Å². The highest BCUT2D eigenvalue weighted by Crippen LogP contribution is 2.22. The maximum absolute atomic E-state index is 13.1. The summed E-state index contributed by atoms with van der Waals surface area (Å²) < 4.78 is 0.982. The van der Waals surface area contributed by atoms with E-state index in [1.807, 2.05) is 62.4 Å². The summed E-state index contributed by atoms with van der Waals surface area (Å²) in [5.41, 5.74) is 0.996. The predicted molar refractivity (Wildman–Crippen MR) is 133 cm³/mol. The first kappa shape index (κ1) is 25.8. The van der Waals surface area contributed by atoms with Crippen molar-refractivity contribution in [3.8, 4) is 0 Å². The topological polar surface area (TPSA) is 49.4 Å². The molecule has 0 aliphatic carbocycles. The van der Waals surface area contributed by atoms with Crippen LogP contribution in [0.1, 0.15) is 39.2 Å². The van der Waals surface area contributed by atoms with Gasteiger partial charge in [0.25, 0.3) is 0 Å². The number of thioether (sulfide) groups is 1. The third kappa shape index (κ3) is 9.26. The normalized spacial score (nSPS) is 11.9. The molecule has 0 bridgehead atoms. The van der Waals surface area contributed by atoms with Gasteiger partial charge in [-0.3, -0.25) is 9.59 Å². The van der Waals surface area contributed by atoms with E-state index >= 15 is 0 Å². The van der Waals surface area contributed by atoms with E-state index in [4.69, 9.17) is 11.6 Å². The molecule has 4 nitrogen and oxygen atoms in total. The molecule has 2 rings (SSSR count). The van der Waals surface area contributed by atoms with Crippen LogP contribution in [0.15, 0.2) is 57.9 Å². The Labute approximate surface area is 203 Å². The molecule has 0 spiro atoms. The Kier molecular flexibility index (Phi) is 10.9. The van der Waals surface area contributed by atoms with Gasteiger partial charge in [0.05, 0.1) is 0 Å². The molecule has 0 aromatic heterocycles. The maximum atomic E-state index is 13.1. The molecule has 0 fully saturated rings. The lowest BCUT2D eigenvalue weighted by atomic mass is 10.1. The molecule has 31 heavy (non-hydrogen) atoms. The number of carbonyl (C=O) groups excluding carboxylic acids is 2. The molecule has 0 aliphatic rings. The van der Waals surface area contributed by atoms with E-state index < -0.39 is 6.04 Å². The Hall–Kier alpha value is -1.50. The van der Waals surface area contributed by atoms with Crippen LogP contribution in [0, 0.1) is 5.92 Å². The average molecular weight is 526 g/mol. The van der Waals surface area contributed by atoms with Gasteiger partial charge >= 0.3 is 0 Å². The van der Waals surface area contributed by atoms with E-state index in [1.165, 1.54) is 0 Å². The van der Waals surface area contributed by atoms with E-state index in [2.05, 4.69) is 21.2 Å². The number of hydrogen-bond acceptors (Lipinski definition) is 3. The van der Waals surface area contributed by atoms with Gasteiger partial charge in [-0.2, -0.15) is 0 Å². The minimum Gasteiger partial charge on any atom is -0.354 e. The maximum Gasteiger partial charge on any atom is 0.242 e. The summed E-state index contributed by atoms with van der Waals surface area (Å²) in [6.45, 7) is 6.91. The van der Waals surface area contributed by atoms with Gasteiger partial charge < -0.3 is 10.2 Å². The van der Waals surface area contributed by atoms with Crippen molar-refractivity contribution in [2.75, 3.05) is 12.3 Å². The Morgan fingerprint density at radius 1 is 1.06 bits per heavy atom. The molecule has 2 amide bonds. The van der Waals surface area contributed by atoms with Crippen LogP contribution in [0.3, 0.4) is 0 Å². The molecule has 1 unspecified atom stereocenters. The molecule has 1 N–H and O–H groups in total. The number of nitrogens with one attached hydrogen (secondary N) is 1. The molecule has 0 saturated heterocycles. The van der Waals surface area contributed by atoms with E-state index in [1.54, 1.807) is 23.6 Å². The highest BCUT2D eigenvalue weighted by molar-refractivity contribution is 9.10. The summed E-state index contributed by atoms with van der Waals surface area (Å²) in [4.78, 5) is 28.5. The molecule has 0 aliphatic heterocycles. The Morgan fingerprint density at radius 3 is 2.32 bits per heavy atom. The molecular formula is C24H30BrClN2O2S. The zero-order chi connectivity index (χ0) is 22.8. The Balaban J connectivity index is 1.97. The minimum absolute atomic E-state index is 0.00757. The van der Waals surface area contributed by atoms with Crippen LogP contribution in [0.25, 0.3) is 0 Å². The number of hydrogen-bond donors (Lipinski definition) is 1. The molecular weight excluding hydrogens is 496 g/mol. The second kappa shape index (κ2) is 13.1. The van der Waals surface area contributed by atoms with Crippen LogP contribution < -0.4 is 5.32 Å². The molecule has 0 saturated carbocycles. The van der Waals surface area contributed by atoms with Crippen molar-refractivity contribution in [1.29, 1.82) is 0 Å². The summed E-state index contributed by atoms with van der Waals surface area (Å²) in [6.07, 6.45) is 1.14. The van der Waals surface area contributed by atoms with Crippen molar-refractivity contribution in [3.05, 3.63) is 63.6 Å². The zero-order valence-electron chi connectivity index (χ0n) is 18.2. The van der Waals surface area contributed by atoms with Gasteiger partial charge in [0.2, 0.25) is 11.8 Å². The number of nitrogens with zero attached hydrogens (tertiary/aromatic N) is 1. The van der Waals surface area contributed by atoms with Gasteiger partial charge in [0.15, 0.2) is 0 Å². The average Bonchev–Trinajstić information content (AvgIpc) is 2.75. The molecule has 0 heterocycles. The fraction of sp³-hybridized carbons (Fsp3) is 0.417. The van der Waals surface area contributed by atoms with Gasteiger partial charge in [-0.25, -0.2) is 0 Å². The Bertz CT molecular complexity index is 844. The van der Waals surface area contributed by atoms with Crippen molar-refractivity contribution in [3.63, 3.8) is 0 Å². The monoisotopic (exact) mass is 524 g/mol. The number of halogens is 2. The van der Waals surface area contributed by atoms with Crippen LogP contribution in [-0.4, -0.2) is 35.1 Å². The van der Waals surface area contributed by atoms with Crippen molar-refractivity contribution in [1.82, 2.24) is 10.2 Å². The quantitative estimate of drug-likeness (QED) is 0.282. The number of rotatable bonds is 11. The van der Waals surface area contributed by atoms with E-state index in [0.717, 1.165) is 27.1 Å². The van der Waals surface area contributed by atoms with Gasteiger partial charge in [-0.05, 0) is 67.0 Å². The smallest absolute Gasteiger partial charge is 0.242 e. The molecule has 2 aromatic carbocycles. The van der Waals surface area contributed by atoms with Crippen LogP contribution >= 0.6 is 39.3 Å². The van der Waals surface area contributed by atoms with E-state index in [9.17, 15) is 9.59 Å². The van der Waals surface area contributed by atoms with Crippen molar-refractivity contribution in [2.24, 2.45) is 5.92 Å². The highest BCUT2D eigenvalue weighted by Gasteiger charge is 2.25. The third-order valence-corrected chi connectivity index (χ3v) is 6.61.